The zero-order valence-electron chi connectivity index (χ0n) is 37.8. The van der Waals surface area contributed by atoms with E-state index in [1.807, 2.05) is 146 Å². The molecule has 3 heterocycles. The van der Waals surface area contributed by atoms with Gasteiger partial charge in [0.25, 0.3) is 11.8 Å². The second-order valence-corrected chi connectivity index (χ2v) is 18.6. The van der Waals surface area contributed by atoms with E-state index in [2.05, 4.69) is 47.0 Å². The molecule has 2 aliphatic rings. The molecule has 1 aromatic heterocycles. The third-order valence-corrected chi connectivity index (χ3v) is 14.5. The molecule has 352 valence electrons. The van der Waals surface area contributed by atoms with Gasteiger partial charge in [0.1, 0.15) is 46.5 Å². The van der Waals surface area contributed by atoms with Crippen LogP contribution in [0.4, 0.5) is 9.52 Å². The van der Waals surface area contributed by atoms with Crippen LogP contribution in [0.1, 0.15) is 39.1 Å². The van der Waals surface area contributed by atoms with Crippen molar-refractivity contribution in [2.45, 2.75) is 22.6 Å². The number of thiazole rings is 1. The number of nitrogens with one attached hydrogen (secondary N) is 2. The zero-order valence-corrected chi connectivity index (χ0v) is 39.4. The van der Waals surface area contributed by atoms with E-state index in [0.29, 0.717) is 10.7 Å². The summed E-state index contributed by atoms with van der Waals surface area (Å²) in [7, 11) is 0. The lowest BCUT2D eigenvalue weighted by Gasteiger charge is -2.49. The summed E-state index contributed by atoms with van der Waals surface area (Å²) < 4.78 is 19.7. The van der Waals surface area contributed by atoms with E-state index in [0.717, 1.165) is 38.3 Å². The molecule has 0 bridgehead atoms. The Bertz CT molecular complexity index is 3040. The van der Waals surface area contributed by atoms with Crippen molar-refractivity contribution in [3.63, 3.8) is 0 Å². The number of carboxylic acids is 1. The number of carboxylic acid groups (broad SMARTS) is 1. The molecule has 3 N–H and O–H groups in total. The van der Waals surface area contributed by atoms with E-state index in [1.165, 1.54) is 41.3 Å². The lowest BCUT2D eigenvalue weighted by atomic mass is 9.77. The summed E-state index contributed by atoms with van der Waals surface area (Å²) in [6.07, 6.45) is 0. The van der Waals surface area contributed by atoms with E-state index < -0.39 is 46.2 Å². The predicted octanol–water partition coefficient (Wildman–Crippen LogP) is 10.2. The van der Waals surface area contributed by atoms with Crippen LogP contribution in [0.5, 0.6) is 5.75 Å². The number of rotatable bonds is 17. The normalized spacial score (nSPS) is 15.8. The molecule has 0 radical (unpaired) electrons. The second kappa shape index (κ2) is 20.3. The monoisotopic (exact) mass is 977 g/mol. The number of amides is 2. The number of nitrogens with zero attached hydrogens (tertiary/aromatic N) is 3. The van der Waals surface area contributed by atoms with Crippen LogP contribution in [0, 0.1) is 5.82 Å². The smallest absolute Gasteiger partial charge is 0.352 e. The van der Waals surface area contributed by atoms with Gasteiger partial charge in [-0.3, -0.25) is 14.5 Å². The average molecular weight is 978 g/mol. The van der Waals surface area contributed by atoms with Gasteiger partial charge in [0, 0.05) is 39.5 Å². The van der Waals surface area contributed by atoms with E-state index in [1.54, 1.807) is 11.4 Å². The number of ether oxygens (including phenoxy) is 1. The largest absolute Gasteiger partial charge is 0.489 e. The highest BCUT2D eigenvalue weighted by molar-refractivity contribution is 8.00. The summed E-state index contributed by atoms with van der Waals surface area (Å²) in [5.41, 5.74) is 2.70. The number of benzene rings is 7. The second-order valence-electron chi connectivity index (χ2n) is 16.7. The Morgan fingerprint density at radius 1 is 0.704 bits per heavy atom. The summed E-state index contributed by atoms with van der Waals surface area (Å²) in [4.78, 5) is 55.1. The van der Waals surface area contributed by atoms with Crippen molar-refractivity contribution >= 4 is 51.7 Å². The molecule has 1 unspecified atom stereocenters. The maximum Gasteiger partial charge on any atom is 0.352 e. The van der Waals surface area contributed by atoms with Crippen molar-refractivity contribution in [1.29, 1.82) is 0 Å². The molecule has 0 aliphatic carbocycles. The van der Waals surface area contributed by atoms with Gasteiger partial charge in [0.15, 0.2) is 10.8 Å². The van der Waals surface area contributed by atoms with Crippen LogP contribution in [-0.2, 0) is 30.4 Å². The fourth-order valence-corrected chi connectivity index (χ4v) is 11.2. The SMILES string of the molecule is O=C(O)C1=C(COc2cccc(F)c2)CS[C@@H]2C(NC(=O)/C(=N/OC(c3ccccc3)(c3ccccc3)c3ccccc3)c3csc(NC(c4ccccc4)(c4ccccc4)c4ccccc4)n3)C(=O)N12. The quantitative estimate of drug-likeness (QED) is 0.0352. The number of carbonyl (C=O) groups is 3. The number of hydrogen-bond donors (Lipinski definition) is 3. The number of aliphatic carboxylic acids is 1. The Labute approximate surface area is 417 Å². The third-order valence-electron chi connectivity index (χ3n) is 12.4. The molecule has 11 nitrogen and oxygen atoms in total. The number of fused-ring (bicyclic) bond motifs is 1. The first-order valence-electron chi connectivity index (χ1n) is 22.7. The van der Waals surface area contributed by atoms with Crippen LogP contribution < -0.4 is 15.4 Å². The fourth-order valence-electron chi connectivity index (χ4n) is 9.11. The first-order chi connectivity index (χ1) is 34.8. The minimum absolute atomic E-state index is 0.156. The maximum atomic E-state index is 15.1. The van der Waals surface area contributed by atoms with Crippen LogP contribution >= 0.6 is 23.1 Å². The number of carbonyl (C=O) groups excluding carboxylic acids is 2. The Morgan fingerprint density at radius 2 is 1.20 bits per heavy atom. The number of hydrogen-bond acceptors (Lipinski definition) is 10. The average Bonchev–Trinajstić information content (AvgIpc) is 3.89. The lowest BCUT2D eigenvalue weighted by molar-refractivity contribution is -0.150. The van der Waals surface area contributed by atoms with Crippen molar-refractivity contribution < 1.29 is 33.5 Å². The molecule has 2 amide bonds. The standard InChI is InChI=1S/C57H44FN5O6S2/c58-45-32-19-33-46(34-45)68-35-38-36-70-53-49(52(65)63(53)50(38)54(66)67)60-51(64)48(62-69-57(42-26-13-4-14-27-42,43-28-15-5-16-29-43)44-30-17-6-18-31-44)47-37-71-55(59-47)61-56(39-20-7-1-8-21-39,40-22-9-2-10-23-40)41-24-11-3-12-25-41/h1-34,37,49,53H,35-36H2,(H,59,61)(H,60,64)(H,66,67)/b62-48+/t49?,53-/m1/s1. The van der Waals surface area contributed by atoms with Crippen LogP contribution in [-0.4, -0.2) is 62.3 Å². The first kappa shape index (κ1) is 46.4. The molecule has 14 heteroatoms. The molecule has 0 saturated carbocycles. The number of thioether (sulfide) groups is 1. The molecule has 1 saturated heterocycles. The summed E-state index contributed by atoms with van der Waals surface area (Å²) in [6, 6.07) is 63.3. The third kappa shape index (κ3) is 9.06. The lowest BCUT2D eigenvalue weighted by Crippen LogP contribution is -2.71. The topological polar surface area (TPSA) is 142 Å². The zero-order chi connectivity index (χ0) is 48.8. The number of β-lactam (4-membered cyclic amide) rings is 1. The van der Waals surface area contributed by atoms with Crippen molar-refractivity contribution in [2.24, 2.45) is 5.16 Å². The van der Waals surface area contributed by atoms with Gasteiger partial charge in [-0.15, -0.1) is 23.1 Å². The highest BCUT2D eigenvalue weighted by Gasteiger charge is 2.55. The molecule has 2 atom stereocenters. The van der Waals surface area contributed by atoms with Gasteiger partial charge in [-0.2, -0.15) is 0 Å². The van der Waals surface area contributed by atoms with Crippen molar-refractivity contribution in [3.8, 4) is 5.75 Å². The predicted molar refractivity (Wildman–Crippen MR) is 273 cm³/mol. The van der Waals surface area contributed by atoms with E-state index in [4.69, 9.17) is 19.7 Å². The fraction of sp³-hybridized carbons (Fsp3) is 0.105. The van der Waals surface area contributed by atoms with Crippen LogP contribution in [0.15, 0.2) is 228 Å². The molecule has 8 aromatic rings. The summed E-state index contributed by atoms with van der Waals surface area (Å²) in [6.45, 7) is -0.188. The summed E-state index contributed by atoms with van der Waals surface area (Å²) >= 11 is 2.55. The minimum atomic E-state index is -1.39. The molecular formula is C57H44FN5O6S2. The molecular weight excluding hydrogens is 934 g/mol. The Kier molecular flexibility index (Phi) is 13.3. The Morgan fingerprint density at radius 3 is 1.68 bits per heavy atom. The molecule has 71 heavy (non-hydrogen) atoms. The Balaban J connectivity index is 1.05. The van der Waals surface area contributed by atoms with Crippen molar-refractivity contribution in [1.82, 2.24) is 15.2 Å². The minimum Gasteiger partial charge on any atom is -0.489 e. The van der Waals surface area contributed by atoms with E-state index in [9.17, 15) is 19.1 Å². The van der Waals surface area contributed by atoms with Gasteiger partial charge >= 0.3 is 5.97 Å². The van der Waals surface area contributed by atoms with Gasteiger partial charge < -0.3 is 25.3 Å². The highest BCUT2D eigenvalue weighted by atomic mass is 32.2. The van der Waals surface area contributed by atoms with Gasteiger partial charge in [0.05, 0.1) is 0 Å². The van der Waals surface area contributed by atoms with Gasteiger partial charge in [0.2, 0.25) is 5.60 Å². The number of anilines is 1. The highest BCUT2D eigenvalue weighted by Crippen LogP contribution is 2.44. The van der Waals surface area contributed by atoms with Crippen molar-refractivity contribution in [3.05, 3.63) is 268 Å². The Hall–Kier alpha value is -8.33. The van der Waals surface area contributed by atoms with Gasteiger partial charge in [-0.25, -0.2) is 14.2 Å². The number of oxime groups is 1. The first-order valence-corrected chi connectivity index (χ1v) is 24.6. The molecule has 7 aromatic carbocycles. The van der Waals surface area contributed by atoms with Crippen LogP contribution in [0.2, 0.25) is 0 Å². The van der Waals surface area contributed by atoms with Gasteiger partial charge in [-0.05, 0) is 28.8 Å². The summed E-state index contributed by atoms with van der Waals surface area (Å²) in [5.74, 6) is -2.87. The molecule has 0 spiro atoms. The van der Waals surface area contributed by atoms with Gasteiger partial charge in [-0.1, -0.05) is 193 Å². The molecule has 1 fully saturated rings. The van der Waals surface area contributed by atoms with E-state index in [-0.39, 0.29) is 35.2 Å². The van der Waals surface area contributed by atoms with Crippen LogP contribution in [0.3, 0.4) is 0 Å². The summed E-state index contributed by atoms with van der Waals surface area (Å²) in [5, 5.41) is 23.3. The van der Waals surface area contributed by atoms with Crippen molar-refractivity contribution in [2.75, 3.05) is 17.7 Å². The van der Waals surface area contributed by atoms with E-state index >= 15 is 4.79 Å². The number of aromatic nitrogens is 1. The molecule has 10 rings (SSSR count). The maximum absolute atomic E-state index is 15.1. The number of halogens is 1. The van der Waals surface area contributed by atoms with Crippen LogP contribution in [0.25, 0.3) is 0 Å². The molecule has 2 aliphatic heterocycles.